The lowest BCUT2D eigenvalue weighted by Crippen LogP contribution is -2.24. The van der Waals surface area contributed by atoms with E-state index in [1.165, 1.54) is 29.4 Å². The summed E-state index contributed by atoms with van der Waals surface area (Å²) in [6.07, 6.45) is 1.43. The first kappa shape index (κ1) is 22.5. The summed E-state index contributed by atoms with van der Waals surface area (Å²) in [6, 6.07) is 10.5. The van der Waals surface area contributed by atoms with Gasteiger partial charge in [0.15, 0.2) is 16.7 Å². The maximum absolute atomic E-state index is 12.4. The van der Waals surface area contributed by atoms with Crippen LogP contribution in [0, 0.1) is 6.92 Å². The highest BCUT2D eigenvalue weighted by Gasteiger charge is 2.20. The zero-order chi connectivity index (χ0) is 23.2. The van der Waals surface area contributed by atoms with Crippen LogP contribution in [0.5, 0.6) is 5.75 Å². The van der Waals surface area contributed by atoms with Gasteiger partial charge in [0.2, 0.25) is 11.0 Å². The van der Waals surface area contributed by atoms with E-state index in [1.807, 2.05) is 25.1 Å². The van der Waals surface area contributed by atoms with Crippen molar-refractivity contribution in [3.8, 4) is 11.4 Å². The van der Waals surface area contributed by atoms with Crippen molar-refractivity contribution in [2.75, 3.05) is 18.2 Å². The molecule has 3 aromatic heterocycles. The monoisotopic (exact) mass is 485 g/mol. The van der Waals surface area contributed by atoms with E-state index < -0.39 is 0 Å². The number of carbonyl (C=O) groups is 2. The van der Waals surface area contributed by atoms with E-state index in [4.69, 9.17) is 9.15 Å². The molecule has 0 aliphatic heterocycles. The number of anilines is 1. The number of nitrogens with zero attached hydrogens (tertiary/aromatic N) is 5. The summed E-state index contributed by atoms with van der Waals surface area (Å²) < 4.78 is 12.4. The second kappa shape index (κ2) is 10.3. The number of aromatic nitrogens is 5. The smallest absolute Gasteiger partial charge is 0.287 e. The molecule has 0 aliphatic carbocycles. The highest BCUT2D eigenvalue weighted by atomic mass is 32.2. The van der Waals surface area contributed by atoms with Gasteiger partial charge in [-0.05, 0) is 31.2 Å². The van der Waals surface area contributed by atoms with Crippen LogP contribution < -0.4 is 15.4 Å². The second-order valence-corrected chi connectivity index (χ2v) is 8.65. The molecule has 0 saturated carbocycles. The Morgan fingerprint density at radius 1 is 1.15 bits per heavy atom. The van der Waals surface area contributed by atoms with Crippen LogP contribution in [0.3, 0.4) is 0 Å². The minimum Gasteiger partial charge on any atom is -0.495 e. The third kappa shape index (κ3) is 5.38. The number of nitrogens with one attached hydrogen (secondary N) is 2. The number of methoxy groups -OCH3 is 1. The predicted molar refractivity (Wildman–Crippen MR) is 122 cm³/mol. The number of aryl methyl sites for hydroxylation is 1. The van der Waals surface area contributed by atoms with Crippen LogP contribution >= 0.6 is 23.1 Å². The average Bonchev–Trinajstić information content (AvgIpc) is 3.57. The van der Waals surface area contributed by atoms with E-state index >= 15 is 0 Å². The minimum atomic E-state index is -0.379. The first-order chi connectivity index (χ1) is 16.0. The first-order valence-corrected chi connectivity index (χ1v) is 11.5. The SMILES string of the molecule is COc1ccccc1-n1c(CNC(=O)c2ccco2)nnc1SCC(=O)Nc1nnc(C)s1. The molecular formula is C20H19N7O4S2. The van der Waals surface area contributed by atoms with Crippen molar-refractivity contribution in [2.24, 2.45) is 0 Å². The zero-order valence-corrected chi connectivity index (χ0v) is 19.3. The predicted octanol–water partition coefficient (Wildman–Crippen LogP) is 2.69. The molecule has 2 N–H and O–H groups in total. The maximum Gasteiger partial charge on any atom is 0.287 e. The van der Waals surface area contributed by atoms with Crippen LogP contribution in [-0.2, 0) is 11.3 Å². The molecule has 1 aromatic carbocycles. The standard InChI is InChI=1S/C20H19N7O4S2/c1-12-23-25-19(33-12)22-17(28)11-32-20-26-24-16(10-21-18(29)15-8-5-9-31-15)27(20)13-6-3-4-7-14(13)30-2/h3-9H,10-11H2,1-2H3,(H,21,29)(H,22,25,28). The fraction of sp³-hybridized carbons (Fsp3) is 0.200. The van der Waals surface area contributed by atoms with Gasteiger partial charge in [0.05, 0.1) is 31.4 Å². The number of hydrogen-bond donors (Lipinski definition) is 2. The average molecular weight is 486 g/mol. The molecule has 2 amide bonds. The third-order valence-electron chi connectivity index (χ3n) is 4.28. The Morgan fingerprint density at radius 3 is 2.73 bits per heavy atom. The van der Waals surface area contributed by atoms with Gasteiger partial charge >= 0.3 is 0 Å². The van der Waals surface area contributed by atoms with Crippen LogP contribution in [-0.4, -0.2) is 49.6 Å². The zero-order valence-electron chi connectivity index (χ0n) is 17.6. The molecule has 13 heteroatoms. The van der Waals surface area contributed by atoms with Crippen molar-refractivity contribution in [2.45, 2.75) is 18.6 Å². The molecule has 4 rings (SSSR count). The fourth-order valence-corrected chi connectivity index (χ4v) is 4.22. The summed E-state index contributed by atoms with van der Waals surface area (Å²) >= 11 is 2.49. The fourth-order valence-electron chi connectivity index (χ4n) is 2.85. The molecule has 0 radical (unpaired) electrons. The Labute approximate surface area is 196 Å². The maximum atomic E-state index is 12.4. The molecule has 3 heterocycles. The van der Waals surface area contributed by atoms with Crippen molar-refractivity contribution < 1.29 is 18.7 Å². The Bertz CT molecular complexity index is 1250. The van der Waals surface area contributed by atoms with E-state index in [0.717, 1.165) is 5.01 Å². The molecular weight excluding hydrogens is 466 g/mol. The highest BCUT2D eigenvalue weighted by molar-refractivity contribution is 7.99. The number of amides is 2. The molecule has 0 bridgehead atoms. The summed E-state index contributed by atoms with van der Waals surface area (Å²) in [5.41, 5.74) is 0.676. The lowest BCUT2D eigenvalue weighted by atomic mass is 10.3. The van der Waals surface area contributed by atoms with Crippen LogP contribution in [0.1, 0.15) is 21.4 Å². The van der Waals surface area contributed by atoms with Crippen molar-refractivity contribution in [3.63, 3.8) is 0 Å². The lowest BCUT2D eigenvalue weighted by molar-refractivity contribution is -0.113. The number of para-hydroxylation sites is 2. The molecule has 0 spiro atoms. The van der Waals surface area contributed by atoms with Crippen molar-refractivity contribution in [1.82, 2.24) is 30.3 Å². The van der Waals surface area contributed by atoms with Crippen LogP contribution in [0.15, 0.2) is 52.2 Å². The van der Waals surface area contributed by atoms with Gasteiger partial charge in [0, 0.05) is 0 Å². The number of hydrogen-bond acceptors (Lipinski definition) is 10. The van der Waals surface area contributed by atoms with Gasteiger partial charge in [0.25, 0.3) is 5.91 Å². The molecule has 170 valence electrons. The lowest BCUT2D eigenvalue weighted by Gasteiger charge is -2.14. The summed E-state index contributed by atoms with van der Waals surface area (Å²) in [5.74, 6) is 0.684. The topological polar surface area (TPSA) is 137 Å². The minimum absolute atomic E-state index is 0.0741. The van der Waals surface area contributed by atoms with Crippen LogP contribution in [0.2, 0.25) is 0 Å². The van der Waals surface area contributed by atoms with E-state index in [0.29, 0.717) is 27.5 Å². The van der Waals surface area contributed by atoms with Gasteiger partial charge in [-0.2, -0.15) is 0 Å². The Hall–Kier alpha value is -3.71. The van der Waals surface area contributed by atoms with Gasteiger partial charge in [-0.3, -0.25) is 19.5 Å². The van der Waals surface area contributed by atoms with Gasteiger partial charge in [-0.15, -0.1) is 20.4 Å². The Kier molecular flexibility index (Phi) is 7.00. The van der Waals surface area contributed by atoms with Crippen LogP contribution in [0.4, 0.5) is 5.13 Å². The van der Waals surface area contributed by atoms with E-state index in [2.05, 4.69) is 31.0 Å². The molecule has 0 fully saturated rings. The molecule has 4 aromatic rings. The van der Waals surface area contributed by atoms with E-state index in [9.17, 15) is 9.59 Å². The normalized spacial score (nSPS) is 10.7. The number of benzene rings is 1. The number of furan rings is 1. The molecule has 33 heavy (non-hydrogen) atoms. The van der Waals surface area contributed by atoms with Crippen molar-refractivity contribution in [1.29, 1.82) is 0 Å². The van der Waals surface area contributed by atoms with Gasteiger partial charge in [-0.1, -0.05) is 35.2 Å². The number of thioether (sulfide) groups is 1. The number of rotatable bonds is 9. The molecule has 11 nitrogen and oxygen atoms in total. The molecule has 0 saturated heterocycles. The summed E-state index contributed by atoms with van der Waals surface area (Å²) in [6.45, 7) is 1.89. The van der Waals surface area contributed by atoms with Gasteiger partial charge in [0.1, 0.15) is 10.8 Å². The quantitative estimate of drug-likeness (QED) is 0.343. The molecule has 0 atom stereocenters. The number of ether oxygens (including phenoxy) is 1. The van der Waals surface area contributed by atoms with Crippen molar-refractivity contribution >= 4 is 40.0 Å². The Balaban J connectivity index is 1.54. The summed E-state index contributed by atoms with van der Waals surface area (Å²) in [4.78, 5) is 24.7. The second-order valence-electron chi connectivity index (χ2n) is 6.53. The van der Waals surface area contributed by atoms with Crippen molar-refractivity contribution in [3.05, 3.63) is 59.3 Å². The van der Waals surface area contributed by atoms with E-state index in [-0.39, 0.29) is 29.9 Å². The third-order valence-corrected chi connectivity index (χ3v) is 5.97. The number of carbonyl (C=O) groups excluding carboxylic acids is 2. The molecule has 0 unspecified atom stereocenters. The largest absolute Gasteiger partial charge is 0.495 e. The molecule has 0 aliphatic rings. The van der Waals surface area contributed by atoms with Crippen LogP contribution in [0.25, 0.3) is 5.69 Å². The highest BCUT2D eigenvalue weighted by Crippen LogP contribution is 2.29. The summed E-state index contributed by atoms with van der Waals surface area (Å²) in [7, 11) is 1.56. The first-order valence-electron chi connectivity index (χ1n) is 9.67. The summed E-state index contributed by atoms with van der Waals surface area (Å²) in [5, 5.41) is 23.4. The van der Waals surface area contributed by atoms with E-state index in [1.54, 1.807) is 29.9 Å². The van der Waals surface area contributed by atoms with Gasteiger partial charge < -0.3 is 14.5 Å². The Morgan fingerprint density at radius 2 is 2.00 bits per heavy atom. The van der Waals surface area contributed by atoms with Gasteiger partial charge in [-0.25, -0.2) is 0 Å².